The maximum Gasteiger partial charge on any atom is 0.234 e. The molecule has 3 rings (SSSR count). The Labute approximate surface area is 174 Å². The van der Waals surface area contributed by atoms with Crippen LogP contribution in [0.25, 0.3) is 0 Å². The number of nitrogens with zero attached hydrogens (tertiary/aromatic N) is 2. The van der Waals surface area contributed by atoms with Gasteiger partial charge in [0.1, 0.15) is 5.75 Å². The van der Waals surface area contributed by atoms with Crippen molar-refractivity contribution in [2.75, 3.05) is 44.2 Å². The van der Waals surface area contributed by atoms with Gasteiger partial charge in [-0.1, -0.05) is 42.5 Å². The van der Waals surface area contributed by atoms with Crippen LogP contribution in [0.1, 0.15) is 25.8 Å². The fourth-order valence-electron chi connectivity index (χ4n) is 3.77. The lowest BCUT2D eigenvalue weighted by Crippen LogP contribution is -2.50. The minimum absolute atomic E-state index is 0.119. The number of piperazine rings is 1. The average molecular weight is 396 g/mol. The van der Waals surface area contributed by atoms with Crippen LogP contribution in [-0.2, 0) is 11.2 Å². The topological polar surface area (TPSA) is 44.8 Å². The maximum atomic E-state index is 12.4. The van der Waals surface area contributed by atoms with Crippen LogP contribution in [0.2, 0.25) is 0 Å². The maximum absolute atomic E-state index is 12.4. The molecule has 0 radical (unpaired) electrons. The lowest BCUT2D eigenvalue weighted by Gasteiger charge is -2.36. The molecule has 5 heteroatoms. The summed E-state index contributed by atoms with van der Waals surface area (Å²) in [6.07, 6.45) is 1.94. The number of aryl methyl sites for hydroxylation is 1. The molecule has 1 N–H and O–H groups in total. The molecule has 1 aliphatic heterocycles. The van der Waals surface area contributed by atoms with Crippen molar-refractivity contribution >= 4 is 11.6 Å². The van der Waals surface area contributed by atoms with Gasteiger partial charge in [-0.05, 0) is 44.4 Å². The zero-order valence-corrected chi connectivity index (χ0v) is 17.6. The molecule has 0 spiro atoms. The SMILES string of the molecule is CCOc1ccccc1N1CCN(CC(=O)N[C@@H](C)CCc2ccccc2)CC1. The number of benzene rings is 2. The number of carbonyl (C=O) groups excluding carboxylic acids is 1. The molecule has 1 saturated heterocycles. The molecular weight excluding hydrogens is 362 g/mol. The largest absolute Gasteiger partial charge is 0.492 e. The Bertz CT molecular complexity index is 758. The Balaban J connectivity index is 1.40. The Morgan fingerprint density at radius 3 is 2.45 bits per heavy atom. The van der Waals surface area contributed by atoms with Crippen LogP contribution >= 0.6 is 0 Å². The van der Waals surface area contributed by atoms with Gasteiger partial charge in [0, 0.05) is 32.2 Å². The van der Waals surface area contributed by atoms with E-state index in [1.165, 1.54) is 5.56 Å². The second kappa shape index (κ2) is 10.9. The number of carbonyl (C=O) groups is 1. The van der Waals surface area contributed by atoms with E-state index in [-0.39, 0.29) is 11.9 Å². The number of amides is 1. The molecule has 29 heavy (non-hydrogen) atoms. The summed E-state index contributed by atoms with van der Waals surface area (Å²) in [4.78, 5) is 17.0. The Hall–Kier alpha value is -2.53. The molecule has 0 aliphatic carbocycles. The quantitative estimate of drug-likeness (QED) is 0.707. The van der Waals surface area contributed by atoms with Gasteiger partial charge in [-0.3, -0.25) is 9.69 Å². The summed E-state index contributed by atoms with van der Waals surface area (Å²) in [5.74, 6) is 1.06. The van der Waals surface area contributed by atoms with Gasteiger partial charge in [0.05, 0.1) is 18.8 Å². The lowest BCUT2D eigenvalue weighted by molar-refractivity contribution is -0.122. The molecule has 1 amide bonds. The van der Waals surface area contributed by atoms with Crippen molar-refractivity contribution in [3.63, 3.8) is 0 Å². The third kappa shape index (κ3) is 6.50. The summed E-state index contributed by atoms with van der Waals surface area (Å²) in [6, 6.07) is 18.8. The van der Waals surface area contributed by atoms with E-state index in [1.54, 1.807) is 0 Å². The van der Waals surface area contributed by atoms with E-state index in [0.29, 0.717) is 13.2 Å². The van der Waals surface area contributed by atoms with Crippen LogP contribution in [0.3, 0.4) is 0 Å². The molecule has 2 aromatic carbocycles. The van der Waals surface area contributed by atoms with Gasteiger partial charge in [-0.25, -0.2) is 0 Å². The number of hydrogen-bond acceptors (Lipinski definition) is 4. The number of nitrogens with one attached hydrogen (secondary N) is 1. The molecule has 156 valence electrons. The molecule has 1 aliphatic rings. The van der Waals surface area contributed by atoms with Crippen molar-refractivity contribution in [1.82, 2.24) is 10.2 Å². The molecule has 0 bridgehead atoms. The van der Waals surface area contributed by atoms with Gasteiger partial charge in [0.25, 0.3) is 0 Å². The second-order valence-electron chi connectivity index (χ2n) is 7.66. The third-order valence-electron chi connectivity index (χ3n) is 5.36. The standard InChI is InChI=1S/C24H33N3O2/c1-3-29-23-12-8-7-11-22(23)27-17-15-26(16-18-27)19-24(28)25-20(2)13-14-21-9-5-4-6-10-21/h4-12,20H,3,13-19H2,1-2H3,(H,25,28)/t20-/m0/s1. The van der Waals surface area contributed by atoms with Crippen LogP contribution in [0, 0.1) is 0 Å². The third-order valence-corrected chi connectivity index (χ3v) is 5.36. The second-order valence-corrected chi connectivity index (χ2v) is 7.66. The number of anilines is 1. The first kappa shape index (κ1) is 21.2. The fraction of sp³-hybridized carbons (Fsp3) is 0.458. The van der Waals surface area contributed by atoms with E-state index in [4.69, 9.17) is 4.74 Å². The summed E-state index contributed by atoms with van der Waals surface area (Å²) in [7, 11) is 0. The number of hydrogen-bond donors (Lipinski definition) is 1. The lowest BCUT2D eigenvalue weighted by atomic mass is 10.1. The molecule has 5 nitrogen and oxygen atoms in total. The summed E-state index contributed by atoms with van der Waals surface area (Å²) >= 11 is 0. The first-order chi connectivity index (χ1) is 14.2. The van der Waals surface area contributed by atoms with E-state index >= 15 is 0 Å². The number of rotatable bonds is 9. The summed E-state index contributed by atoms with van der Waals surface area (Å²) in [5, 5.41) is 3.15. The molecule has 1 fully saturated rings. The number of ether oxygens (including phenoxy) is 1. The smallest absolute Gasteiger partial charge is 0.234 e. The monoisotopic (exact) mass is 395 g/mol. The Kier molecular flexibility index (Phi) is 7.94. The van der Waals surface area contributed by atoms with Crippen molar-refractivity contribution in [1.29, 1.82) is 0 Å². The minimum Gasteiger partial charge on any atom is -0.492 e. The van der Waals surface area contributed by atoms with Crippen molar-refractivity contribution in [3.8, 4) is 5.75 Å². The van der Waals surface area contributed by atoms with Crippen LogP contribution in [0.15, 0.2) is 54.6 Å². The van der Waals surface area contributed by atoms with Gasteiger partial charge in [0.15, 0.2) is 0 Å². The van der Waals surface area contributed by atoms with Crippen LogP contribution in [0.4, 0.5) is 5.69 Å². The van der Waals surface area contributed by atoms with Gasteiger partial charge < -0.3 is 15.0 Å². The Morgan fingerprint density at radius 2 is 1.72 bits per heavy atom. The molecule has 0 saturated carbocycles. The van der Waals surface area contributed by atoms with Crippen molar-refractivity contribution in [2.45, 2.75) is 32.7 Å². The first-order valence-electron chi connectivity index (χ1n) is 10.7. The van der Waals surface area contributed by atoms with Gasteiger partial charge in [0.2, 0.25) is 5.91 Å². The van der Waals surface area contributed by atoms with E-state index in [1.807, 2.05) is 25.1 Å². The van der Waals surface area contributed by atoms with E-state index < -0.39 is 0 Å². The average Bonchev–Trinajstić information content (AvgIpc) is 2.74. The molecule has 2 aromatic rings. The fourth-order valence-corrected chi connectivity index (χ4v) is 3.77. The predicted octanol–water partition coefficient (Wildman–Crippen LogP) is 3.34. The highest BCUT2D eigenvalue weighted by molar-refractivity contribution is 5.78. The van der Waals surface area contributed by atoms with Crippen LogP contribution in [0.5, 0.6) is 5.75 Å². The van der Waals surface area contributed by atoms with Gasteiger partial charge >= 0.3 is 0 Å². The van der Waals surface area contributed by atoms with Crippen LogP contribution < -0.4 is 15.0 Å². The molecule has 1 atom stereocenters. The molecule has 0 unspecified atom stereocenters. The highest BCUT2D eigenvalue weighted by atomic mass is 16.5. The van der Waals surface area contributed by atoms with Crippen molar-refractivity contribution in [3.05, 3.63) is 60.2 Å². The Morgan fingerprint density at radius 1 is 1.03 bits per heavy atom. The normalized spacial score (nSPS) is 15.7. The highest BCUT2D eigenvalue weighted by Crippen LogP contribution is 2.28. The van der Waals surface area contributed by atoms with E-state index in [0.717, 1.165) is 50.5 Å². The summed E-state index contributed by atoms with van der Waals surface area (Å²) in [5.41, 5.74) is 2.46. The summed E-state index contributed by atoms with van der Waals surface area (Å²) < 4.78 is 5.76. The van der Waals surface area contributed by atoms with Crippen LogP contribution in [-0.4, -0.2) is 56.2 Å². The van der Waals surface area contributed by atoms with Gasteiger partial charge in [-0.2, -0.15) is 0 Å². The minimum atomic E-state index is 0.119. The molecule has 1 heterocycles. The highest BCUT2D eigenvalue weighted by Gasteiger charge is 2.21. The molecular formula is C24H33N3O2. The zero-order valence-electron chi connectivity index (χ0n) is 17.6. The van der Waals surface area contributed by atoms with E-state index in [9.17, 15) is 4.79 Å². The number of para-hydroxylation sites is 2. The zero-order chi connectivity index (χ0) is 20.5. The van der Waals surface area contributed by atoms with E-state index in [2.05, 4.69) is 58.4 Å². The van der Waals surface area contributed by atoms with Crippen molar-refractivity contribution in [2.24, 2.45) is 0 Å². The van der Waals surface area contributed by atoms with Crippen molar-refractivity contribution < 1.29 is 9.53 Å². The molecule has 0 aromatic heterocycles. The predicted molar refractivity (Wildman–Crippen MR) is 119 cm³/mol. The van der Waals surface area contributed by atoms with Gasteiger partial charge in [-0.15, -0.1) is 0 Å². The first-order valence-corrected chi connectivity index (χ1v) is 10.7. The summed E-state index contributed by atoms with van der Waals surface area (Å²) in [6.45, 7) is 8.80.